The Bertz CT molecular complexity index is 194. The van der Waals surface area contributed by atoms with E-state index in [0.717, 1.165) is 13.1 Å². The Morgan fingerprint density at radius 2 is 2.27 bits per heavy atom. The zero-order valence-electron chi connectivity index (χ0n) is 7.42. The fraction of sp³-hybridized carbons (Fsp3) is 0.667. The zero-order chi connectivity index (χ0) is 8.43. The molecule has 0 aliphatic carbocycles. The second-order valence-corrected chi connectivity index (χ2v) is 3.33. The minimum atomic E-state index is 0.178. The Balaban J connectivity index is 2.49. The highest BCUT2D eigenvalue weighted by Gasteiger charge is 2.17. The van der Waals surface area contributed by atoms with E-state index >= 15 is 0 Å². The number of carbonyl (C=O) groups is 1. The molecule has 2 nitrogen and oxygen atoms in total. The molecule has 1 aliphatic rings. The minimum Gasteiger partial charge on any atom is -0.335 e. The van der Waals surface area contributed by atoms with Gasteiger partial charge in [-0.15, -0.1) is 0 Å². The van der Waals surface area contributed by atoms with Crippen LogP contribution < -0.4 is 0 Å². The van der Waals surface area contributed by atoms with Gasteiger partial charge in [0, 0.05) is 20.0 Å². The van der Waals surface area contributed by atoms with Crippen molar-refractivity contribution in [3.8, 4) is 0 Å². The Kier molecular flexibility index (Phi) is 2.32. The summed E-state index contributed by atoms with van der Waals surface area (Å²) < 4.78 is 0. The molecule has 0 N–H and O–H groups in total. The van der Waals surface area contributed by atoms with E-state index in [0.29, 0.717) is 5.92 Å². The molecule has 0 fully saturated rings. The highest BCUT2D eigenvalue weighted by atomic mass is 16.2. The van der Waals surface area contributed by atoms with Crippen LogP contribution in [0.2, 0.25) is 0 Å². The maximum atomic E-state index is 10.9. The molecule has 0 spiro atoms. The van der Waals surface area contributed by atoms with Crippen molar-refractivity contribution < 1.29 is 4.79 Å². The maximum absolute atomic E-state index is 10.9. The SMILES string of the molecule is CC(=O)N1CC=C(C(C)C)C1. The topological polar surface area (TPSA) is 20.3 Å². The molecule has 0 aromatic heterocycles. The van der Waals surface area contributed by atoms with Crippen LogP contribution in [-0.4, -0.2) is 23.9 Å². The predicted molar refractivity (Wildman–Crippen MR) is 45.2 cm³/mol. The van der Waals surface area contributed by atoms with Crippen LogP contribution in [0.5, 0.6) is 0 Å². The van der Waals surface area contributed by atoms with Crippen molar-refractivity contribution in [3.05, 3.63) is 11.6 Å². The smallest absolute Gasteiger partial charge is 0.220 e. The largest absolute Gasteiger partial charge is 0.335 e. The Morgan fingerprint density at radius 3 is 2.55 bits per heavy atom. The zero-order valence-corrected chi connectivity index (χ0v) is 7.42. The lowest BCUT2D eigenvalue weighted by atomic mass is 10.1. The van der Waals surface area contributed by atoms with Crippen LogP contribution >= 0.6 is 0 Å². The van der Waals surface area contributed by atoms with Gasteiger partial charge in [-0.3, -0.25) is 4.79 Å². The van der Waals surface area contributed by atoms with Crippen molar-refractivity contribution >= 4 is 5.91 Å². The van der Waals surface area contributed by atoms with E-state index in [4.69, 9.17) is 0 Å². The van der Waals surface area contributed by atoms with Crippen molar-refractivity contribution in [2.75, 3.05) is 13.1 Å². The van der Waals surface area contributed by atoms with Gasteiger partial charge in [-0.05, 0) is 5.92 Å². The first-order valence-corrected chi connectivity index (χ1v) is 4.05. The lowest BCUT2D eigenvalue weighted by Crippen LogP contribution is -2.26. The average molecular weight is 153 g/mol. The molecule has 1 heterocycles. The summed E-state index contributed by atoms with van der Waals surface area (Å²) in [6.45, 7) is 7.60. The summed E-state index contributed by atoms with van der Waals surface area (Å²) >= 11 is 0. The molecule has 0 bridgehead atoms. The quantitative estimate of drug-likeness (QED) is 0.522. The molecule has 0 atom stereocenters. The van der Waals surface area contributed by atoms with E-state index in [1.165, 1.54) is 5.57 Å². The molecular weight excluding hydrogens is 138 g/mol. The number of rotatable bonds is 1. The standard InChI is InChI=1S/C9H15NO/c1-7(2)9-4-5-10(6-9)8(3)11/h4,7H,5-6H2,1-3H3. The average Bonchev–Trinajstić information content (AvgIpc) is 2.33. The lowest BCUT2D eigenvalue weighted by Gasteiger charge is -2.14. The lowest BCUT2D eigenvalue weighted by molar-refractivity contribution is -0.127. The van der Waals surface area contributed by atoms with Crippen LogP contribution in [0.25, 0.3) is 0 Å². The van der Waals surface area contributed by atoms with Gasteiger partial charge in [0.25, 0.3) is 0 Å². The van der Waals surface area contributed by atoms with E-state index in [9.17, 15) is 4.79 Å². The van der Waals surface area contributed by atoms with E-state index in [-0.39, 0.29) is 5.91 Å². The van der Waals surface area contributed by atoms with Crippen LogP contribution in [0.3, 0.4) is 0 Å². The van der Waals surface area contributed by atoms with Gasteiger partial charge < -0.3 is 4.90 Å². The van der Waals surface area contributed by atoms with E-state index in [2.05, 4.69) is 19.9 Å². The summed E-state index contributed by atoms with van der Waals surface area (Å²) in [6, 6.07) is 0. The van der Waals surface area contributed by atoms with Gasteiger partial charge in [-0.1, -0.05) is 25.5 Å². The number of carbonyl (C=O) groups excluding carboxylic acids is 1. The highest BCUT2D eigenvalue weighted by Crippen LogP contribution is 2.16. The van der Waals surface area contributed by atoms with E-state index in [1.54, 1.807) is 6.92 Å². The van der Waals surface area contributed by atoms with Crippen LogP contribution in [0.4, 0.5) is 0 Å². The molecule has 62 valence electrons. The Morgan fingerprint density at radius 1 is 1.64 bits per heavy atom. The van der Waals surface area contributed by atoms with Crippen molar-refractivity contribution in [1.82, 2.24) is 4.90 Å². The third-order valence-corrected chi connectivity index (χ3v) is 2.13. The predicted octanol–water partition coefficient (Wildman–Crippen LogP) is 1.43. The summed E-state index contributed by atoms with van der Waals surface area (Å²) in [5.41, 5.74) is 1.39. The second kappa shape index (κ2) is 3.07. The molecule has 2 heteroatoms. The number of hydrogen-bond acceptors (Lipinski definition) is 1. The van der Waals surface area contributed by atoms with E-state index in [1.807, 2.05) is 4.90 Å². The fourth-order valence-electron chi connectivity index (χ4n) is 1.24. The summed E-state index contributed by atoms with van der Waals surface area (Å²) in [5, 5.41) is 0. The first-order chi connectivity index (χ1) is 5.11. The first-order valence-electron chi connectivity index (χ1n) is 4.05. The molecule has 1 amide bonds. The van der Waals surface area contributed by atoms with Crippen LogP contribution in [0.1, 0.15) is 20.8 Å². The van der Waals surface area contributed by atoms with Gasteiger partial charge in [0.2, 0.25) is 5.91 Å². The summed E-state index contributed by atoms with van der Waals surface area (Å²) in [5.74, 6) is 0.760. The van der Waals surface area contributed by atoms with E-state index < -0.39 is 0 Å². The molecule has 0 unspecified atom stereocenters. The molecule has 0 saturated carbocycles. The Hall–Kier alpha value is -0.790. The van der Waals surface area contributed by atoms with Crippen LogP contribution in [0, 0.1) is 5.92 Å². The number of hydrogen-bond donors (Lipinski definition) is 0. The molecule has 0 aromatic carbocycles. The highest BCUT2D eigenvalue weighted by molar-refractivity contribution is 5.74. The normalized spacial score (nSPS) is 17.5. The van der Waals surface area contributed by atoms with Crippen LogP contribution in [-0.2, 0) is 4.79 Å². The number of nitrogens with zero attached hydrogens (tertiary/aromatic N) is 1. The molecule has 0 radical (unpaired) electrons. The van der Waals surface area contributed by atoms with Gasteiger partial charge in [-0.25, -0.2) is 0 Å². The van der Waals surface area contributed by atoms with Gasteiger partial charge in [0.1, 0.15) is 0 Å². The monoisotopic (exact) mass is 153 g/mol. The maximum Gasteiger partial charge on any atom is 0.220 e. The Labute approximate surface area is 67.9 Å². The first kappa shape index (κ1) is 8.31. The minimum absolute atomic E-state index is 0.178. The molecule has 1 aliphatic heterocycles. The van der Waals surface area contributed by atoms with Crippen LogP contribution in [0.15, 0.2) is 11.6 Å². The van der Waals surface area contributed by atoms with Gasteiger partial charge in [0.05, 0.1) is 0 Å². The molecule has 1 rings (SSSR count). The molecule has 0 saturated heterocycles. The second-order valence-electron chi connectivity index (χ2n) is 3.33. The van der Waals surface area contributed by atoms with Gasteiger partial charge in [0.15, 0.2) is 0 Å². The molecule has 0 aromatic rings. The summed E-state index contributed by atoms with van der Waals surface area (Å²) in [4.78, 5) is 12.8. The van der Waals surface area contributed by atoms with Gasteiger partial charge in [-0.2, -0.15) is 0 Å². The molecule has 11 heavy (non-hydrogen) atoms. The van der Waals surface area contributed by atoms with Crippen molar-refractivity contribution in [3.63, 3.8) is 0 Å². The van der Waals surface area contributed by atoms with Gasteiger partial charge >= 0.3 is 0 Å². The summed E-state index contributed by atoms with van der Waals surface area (Å²) in [6.07, 6.45) is 2.16. The third-order valence-electron chi connectivity index (χ3n) is 2.13. The van der Waals surface area contributed by atoms with Crippen molar-refractivity contribution in [2.45, 2.75) is 20.8 Å². The molecular formula is C9H15NO. The third kappa shape index (κ3) is 1.82. The van der Waals surface area contributed by atoms with Crippen molar-refractivity contribution in [1.29, 1.82) is 0 Å². The summed E-state index contributed by atoms with van der Waals surface area (Å²) in [7, 11) is 0. The number of amides is 1. The fourth-order valence-corrected chi connectivity index (χ4v) is 1.24. The van der Waals surface area contributed by atoms with Crippen molar-refractivity contribution in [2.24, 2.45) is 5.92 Å².